The maximum Gasteiger partial charge on any atom is 0.232 e. The largest absolute Gasteiger partial charge is 0.345 e. The fourth-order valence-electron chi connectivity index (χ4n) is 4.32. The molecule has 182 valence electrons. The van der Waals surface area contributed by atoms with Crippen LogP contribution in [0, 0.1) is 19.8 Å². The van der Waals surface area contributed by atoms with Crippen LogP contribution >= 0.6 is 11.3 Å². The Hall–Kier alpha value is -2.84. The molecule has 7 nitrogen and oxygen atoms in total. The number of carbonyl (C=O) groups excluding carboxylic acids is 2. The fraction of sp³-hybridized carbons (Fsp3) is 0.462. The predicted octanol–water partition coefficient (Wildman–Crippen LogP) is 4.49. The number of aromatic amines is 1. The van der Waals surface area contributed by atoms with E-state index < -0.39 is 0 Å². The first-order valence-corrected chi connectivity index (χ1v) is 12.6. The summed E-state index contributed by atoms with van der Waals surface area (Å²) in [5, 5.41) is 3.14. The predicted molar refractivity (Wildman–Crippen MR) is 137 cm³/mol. The van der Waals surface area contributed by atoms with Crippen LogP contribution < -0.4 is 5.32 Å². The summed E-state index contributed by atoms with van der Waals surface area (Å²) < 4.78 is 0. The number of rotatable bonds is 7. The lowest BCUT2D eigenvalue weighted by molar-refractivity contribution is -0.137. The van der Waals surface area contributed by atoms with E-state index in [0.717, 1.165) is 42.9 Å². The van der Waals surface area contributed by atoms with Gasteiger partial charge in [-0.1, -0.05) is 38.1 Å². The van der Waals surface area contributed by atoms with Gasteiger partial charge in [-0.15, -0.1) is 11.3 Å². The van der Waals surface area contributed by atoms with Crippen molar-refractivity contribution in [2.75, 3.05) is 13.6 Å². The van der Waals surface area contributed by atoms with E-state index in [-0.39, 0.29) is 23.8 Å². The fourth-order valence-corrected chi connectivity index (χ4v) is 5.13. The van der Waals surface area contributed by atoms with Crippen LogP contribution in [-0.2, 0) is 16.1 Å². The number of aldehydes is 1. The summed E-state index contributed by atoms with van der Waals surface area (Å²) >= 11 is 1.70. The highest BCUT2D eigenvalue weighted by molar-refractivity contribution is 7.13. The molecule has 2 unspecified atom stereocenters. The highest BCUT2D eigenvalue weighted by Gasteiger charge is 2.35. The zero-order valence-electron chi connectivity index (χ0n) is 20.7. The molecule has 8 heteroatoms. The standard InChI is InChI=1S/C14H21N3O2.C12H14N2S/c1-9(2)13(12-7-15-10(3)16-12)14(19)17-6-4-5-11(17)8-18;1-9-12(15-8-14-9)11-5-3-10(4-6-11)7-13-2/h7-9,11,13H,4-6H2,1-3H3,(H,15,16);3-6,8,13H,7H2,1-2H3. The summed E-state index contributed by atoms with van der Waals surface area (Å²) in [5.74, 6) is 0.761. The van der Waals surface area contributed by atoms with Crippen molar-refractivity contribution < 1.29 is 9.59 Å². The van der Waals surface area contributed by atoms with Crippen molar-refractivity contribution in [3.05, 3.63) is 58.7 Å². The van der Waals surface area contributed by atoms with Gasteiger partial charge in [-0.2, -0.15) is 0 Å². The number of amides is 1. The first-order chi connectivity index (χ1) is 16.3. The third-order valence-corrected chi connectivity index (χ3v) is 7.05. The second-order valence-corrected chi connectivity index (χ2v) is 9.87. The van der Waals surface area contributed by atoms with E-state index in [1.54, 1.807) is 22.4 Å². The number of benzene rings is 1. The topological polar surface area (TPSA) is 91.0 Å². The zero-order chi connectivity index (χ0) is 24.7. The van der Waals surface area contributed by atoms with Gasteiger partial charge in [0, 0.05) is 25.0 Å². The Kier molecular flexibility index (Phi) is 9.12. The summed E-state index contributed by atoms with van der Waals surface area (Å²) in [6, 6.07) is 8.38. The number of hydrogen-bond acceptors (Lipinski definition) is 6. The second-order valence-electron chi connectivity index (χ2n) is 9.02. The Morgan fingerprint density at radius 3 is 2.53 bits per heavy atom. The van der Waals surface area contributed by atoms with Crippen LogP contribution in [0.4, 0.5) is 0 Å². The molecular weight excluding hydrogens is 446 g/mol. The molecule has 2 atom stereocenters. The van der Waals surface area contributed by atoms with Gasteiger partial charge in [0.05, 0.1) is 28.0 Å². The highest BCUT2D eigenvalue weighted by atomic mass is 32.1. The van der Waals surface area contributed by atoms with Gasteiger partial charge in [-0.05, 0) is 50.8 Å². The molecule has 0 aliphatic carbocycles. The number of nitrogens with one attached hydrogen (secondary N) is 2. The van der Waals surface area contributed by atoms with Crippen LogP contribution in [0.3, 0.4) is 0 Å². The lowest BCUT2D eigenvalue weighted by Crippen LogP contribution is -2.41. The molecule has 2 aromatic heterocycles. The maximum absolute atomic E-state index is 12.7. The molecule has 1 amide bonds. The van der Waals surface area contributed by atoms with E-state index in [1.807, 2.05) is 40.3 Å². The molecule has 0 radical (unpaired) electrons. The summed E-state index contributed by atoms with van der Waals surface area (Å²) in [4.78, 5) is 38.3. The smallest absolute Gasteiger partial charge is 0.232 e. The lowest BCUT2D eigenvalue weighted by atomic mass is 9.91. The Balaban J connectivity index is 0.000000196. The van der Waals surface area contributed by atoms with Crippen molar-refractivity contribution in [2.45, 2.75) is 59.0 Å². The van der Waals surface area contributed by atoms with Crippen molar-refractivity contribution >= 4 is 23.5 Å². The number of imidazole rings is 1. The normalized spacial score (nSPS) is 16.3. The molecule has 0 bridgehead atoms. The molecule has 1 aromatic carbocycles. The van der Waals surface area contributed by atoms with Crippen LogP contribution in [0.25, 0.3) is 10.4 Å². The first-order valence-electron chi connectivity index (χ1n) is 11.8. The van der Waals surface area contributed by atoms with Gasteiger partial charge in [0.25, 0.3) is 0 Å². The molecule has 1 saturated heterocycles. The van der Waals surface area contributed by atoms with Gasteiger partial charge in [0.1, 0.15) is 12.1 Å². The zero-order valence-corrected chi connectivity index (χ0v) is 21.5. The highest BCUT2D eigenvalue weighted by Crippen LogP contribution is 2.29. The number of nitrogens with zero attached hydrogens (tertiary/aromatic N) is 3. The summed E-state index contributed by atoms with van der Waals surface area (Å²) in [5.41, 5.74) is 6.42. The van der Waals surface area contributed by atoms with Crippen molar-refractivity contribution in [3.8, 4) is 10.4 Å². The average Bonchev–Trinajstić information content (AvgIpc) is 3.56. The van der Waals surface area contributed by atoms with Crippen LogP contribution in [0.1, 0.15) is 55.4 Å². The molecule has 3 aromatic rings. The minimum Gasteiger partial charge on any atom is -0.345 e. The maximum atomic E-state index is 12.7. The molecule has 3 heterocycles. The van der Waals surface area contributed by atoms with Gasteiger partial charge in [-0.25, -0.2) is 9.97 Å². The van der Waals surface area contributed by atoms with Crippen LogP contribution in [-0.4, -0.2) is 51.7 Å². The van der Waals surface area contributed by atoms with Gasteiger partial charge < -0.3 is 20.0 Å². The molecule has 1 aliphatic heterocycles. The molecule has 2 N–H and O–H groups in total. The van der Waals surface area contributed by atoms with Crippen molar-refractivity contribution in [1.29, 1.82) is 0 Å². The minimum absolute atomic E-state index is 0.0354. The lowest BCUT2D eigenvalue weighted by Gasteiger charge is -2.27. The summed E-state index contributed by atoms with van der Waals surface area (Å²) in [6.45, 7) is 9.55. The Labute approximate surface area is 206 Å². The van der Waals surface area contributed by atoms with Gasteiger partial charge >= 0.3 is 0 Å². The van der Waals surface area contributed by atoms with Crippen LogP contribution in [0.2, 0.25) is 0 Å². The van der Waals surface area contributed by atoms with E-state index in [9.17, 15) is 9.59 Å². The number of hydrogen-bond donors (Lipinski definition) is 2. The monoisotopic (exact) mass is 481 g/mol. The number of aryl methyl sites for hydroxylation is 2. The quantitative estimate of drug-likeness (QED) is 0.486. The second kappa shape index (κ2) is 12.0. The number of likely N-dealkylation sites (tertiary alicyclic amines) is 1. The third kappa shape index (κ3) is 6.18. The Bertz CT molecular complexity index is 1070. The Morgan fingerprint density at radius 1 is 1.26 bits per heavy atom. The Morgan fingerprint density at radius 2 is 2.00 bits per heavy atom. The first kappa shape index (κ1) is 25.8. The van der Waals surface area contributed by atoms with Gasteiger partial charge in [0.2, 0.25) is 5.91 Å². The SMILES string of the molecule is CNCc1ccc(-c2scnc2C)cc1.Cc1ncc(C(C(=O)N2CCCC2C=O)C(C)C)[nH]1. The van der Waals surface area contributed by atoms with E-state index >= 15 is 0 Å². The molecule has 4 rings (SSSR count). The molecule has 0 saturated carbocycles. The van der Waals surface area contributed by atoms with E-state index in [2.05, 4.69) is 44.5 Å². The van der Waals surface area contributed by atoms with Crippen LogP contribution in [0.5, 0.6) is 0 Å². The van der Waals surface area contributed by atoms with Gasteiger partial charge in [0.15, 0.2) is 0 Å². The van der Waals surface area contributed by atoms with Crippen molar-refractivity contribution in [3.63, 3.8) is 0 Å². The van der Waals surface area contributed by atoms with E-state index in [0.29, 0.717) is 6.54 Å². The number of aromatic nitrogens is 3. The average molecular weight is 482 g/mol. The molecule has 1 aliphatic rings. The molecule has 34 heavy (non-hydrogen) atoms. The van der Waals surface area contributed by atoms with E-state index in [1.165, 1.54) is 16.0 Å². The van der Waals surface area contributed by atoms with Crippen molar-refractivity contribution in [2.24, 2.45) is 5.92 Å². The van der Waals surface area contributed by atoms with Gasteiger partial charge in [-0.3, -0.25) is 4.79 Å². The van der Waals surface area contributed by atoms with Crippen LogP contribution in [0.15, 0.2) is 36.0 Å². The summed E-state index contributed by atoms with van der Waals surface area (Å²) in [7, 11) is 1.96. The third-order valence-electron chi connectivity index (χ3n) is 6.07. The molecule has 0 spiro atoms. The number of H-pyrrole nitrogens is 1. The number of carbonyl (C=O) groups is 2. The molecular formula is C26H35N5O2S. The van der Waals surface area contributed by atoms with Crippen molar-refractivity contribution in [1.82, 2.24) is 25.2 Å². The molecule has 1 fully saturated rings. The minimum atomic E-state index is -0.252. The number of thiazole rings is 1. The summed E-state index contributed by atoms with van der Waals surface area (Å²) in [6.07, 6.45) is 4.30. The van der Waals surface area contributed by atoms with E-state index in [4.69, 9.17) is 0 Å².